The maximum Gasteiger partial charge on any atom is 0.263 e. The number of sulfonamides is 1. The number of carbonyl (C=O) groups is 1. The van der Waals surface area contributed by atoms with Gasteiger partial charge in [-0.25, -0.2) is 8.42 Å². The monoisotopic (exact) mass is 554 g/mol. The van der Waals surface area contributed by atoms with E-state index < -0.39 is 10.0 Å². The van der Waals surface area contributed by atoms with Crippen molar-refractivity contribution in [2.24, 2.45) is 0 Å². The maximum absolute atomic E-state index is 13.1. The fourth-order valence-electron chi connectivity index (χ4n) is 4.13. The zero-order valence-corrected chi connectivity index (χ0v) is 23.0. The van der Waals surface area contributed by atoms with Gasteiger partial charge in [0.1, 0.15) is 5.75 Å². The molecule has 1 N–H and O–H groups in total. The molecule has 38 heavy (non-hydrogen) atoms. The highest BCUT2D eigenvalue weighted by molar-refractivity contribution is 7.89. The van der Waals surface area contributed by atoms with E-state index in [1.54, 1.807) is 53.2 Å². The molecule has 3 aromatic carbocycles. The Morgan fingerprint density at radius 2 is 1.63 bits per heavy atom. The summed E-state index contributed by atoms with van der Waals surface area (Å²) in [5.41, 5.74) is 1.73. The predicted molar refractivity (Wildman–Crippen MR) is 150 cm³/mol. The average molecular weight is 555 g/mol. The number of ether oxygens (including phenoxy) is 1. The molecular weight excluding hydrogens is 524 g/mol. The SMILES string of the molecule is CCCN(CCC)S(=O)(=O)c1ccc(Cn2nc(NC(=O)COc3ccc(Cl)cc3)c3ccccc32)cc1. The van der Waals surface area contributed by atoms with Gasteiger partial charge < -0.3 is 10.1 Å². The summed E-state index contributed by atoms with van der Waals surface area (Å²) in [4.78, 5) is 12.9. The number of halogens is 1. The number of aromatic nitrogens is 2. The van der Waals surface area contributed by atoms with Gasteiger partial charge in [0, 0.05) is 23.5 Å². The van der Waals surface area contributed by atoms with Gasteiger partial charge in [-0.15, -0.1) is 0 Å². The fourth-order valence-corrected chi connectivity index (χ4v) is 5.88. The van der Waals surface area contributed by atoms with Crippen LogP contribution in [0, 0.1) is 0 Å². The van der Waals surface area contributed by atoms with Gasteiger partial charge in [-0.3, -0.25) is 9.48 Å². The summed E-state index contributed by atoms with van der Waals surface area (Å²) in [7, 11) is -3.54. The van der Waals surface area contributed by atoms with Gasteiger partial charge in [0.2, 0.25) is 10.0 Å². The normalized spacial score (nSPS) is 11.7. The van der Waals surface area contributed by atoms with Gasteiger partial charge >= 0.3 is 0 Å². The second kappa shape index (κ2) is 12.4. The lowest BCUT2D eigenvalue weighted by Crippen LogP contribution is -2.32. The summed E-state index contributed by atoms with van der Waals surface area (Å²) < 4.78 is 35.0. The minimum atomic E-state index is -3.54. The number of hydrogen-bond acceptors (Lipinski definition) is 5. The van der Waals surface area contributed by atoms with Crippen molar-refractivity contribution in [3.8, 4) is 5.75 Å². The summed E-state index contributed by atoms with van der Waals surface area (Å²) in [5, 5.41) is 8.84. The number of nitrogens with zero attached hydrogens (tertiary/aromatic N) is 3. The third-order valence-electron chi connectivity index (χ3n) is 5.94. The molecule has 0 unspecified atom stereocenters. The summed E-state index contributed by atoms with van der Waals surface area (Å²) in [6, 6.07) is 21.3. The third-order valence-corrected chi connectivity index (χ3v) is 8.10. The first-order chi connectivity index (χ1) is 18.3. The molecule has 1 heterocycles. The smallest absolute Gasteiger partial charge is 0.263 e. The molecule has 1 aromatic heterocycles. The Bertz CT molecular complexity index is 1480. The molecule has 8 nitrogen and oxygen atoms in total. The van der Waals surface area contributed by atoms with E-state index in [1.807, 2.05) is 38.1 Å². The number of carbonyl (C=O) groups excluding carboxylic acids is 1. The Morgan fingerprint density at radius 1 is 0.974 bits per heavy atom. The van der Waals surface area contributed by atoms with Crippen molar-refractivity contribution in [2.45, 2.75) is 38.1 Å². The number of nitrogens with one attached hydrogen (secondary N) is 1. The minimum Gasteiger partial charge on any atom is -0.484 e. The van der Waals surface area contributed by atoms with Crippen molar-refractivity contribution in [1.82, 2.24) is 14.1 Å². The summed E-state index contributed by atoms with van der Waals surface area (Å²) >= 11 is 5.89. The zero-order chi connectivity index (χ0) is 27.1. The van der Waals surface area contributed by atoms with Crippen LogP contribution in [-0.4, -0.2) is 48.1 Å². The summed E-state index contributed by atoms with van der Waals surface area (Å²) in [6.07, 6.45) is 1.52. The Balaban J connectivity index is 1.49. The van der Waals surface area contributed by atoms with E-state index in [9.17, 15) is 13.2 Å². The highest BCUT2D eigenvalue weighted by atomic mass is 35.5. The molecular formula is C28H31ClN4O4S. The molecule has 0 spiro atoms. The molecule has 0 aliphatic carbocycles. The molecule has 0 fully saturated rings. The lowest BCUT2D eigenvalue weighted by molar-refractivity contribution is -0.118. The minimum absolute atomic E-state index is 0.175. The number of benzene rings is 3. The fraction of sp³-hybridized carbons (Fsp3) is 0.286. The number of amides is 1. The molecule has 0 aliphatic heterocycles. The van der Waals surface area contributed by atoms with E-state index >= 15 is 0 Å². The Hall–Kier alpha value is -3.40. The number of hydrogen-bond donors (Lipinski definition) is 1. The first-order valence-electron chi connectivity index (χ1n) is 12.5. The third kappa shape index (κ3) is 6.53. The lowest BCUT2D eigenvalue weighted by atomic mass is 10.2. The van der Waals surface area contributed by atoms with Crippen molar-refractivity contribution in [1.29, 1.82) is 0 Å². The van der Waals surface area contributed by atoms with E-state index in [1.165, 1.54) is 4.31 Å². The molecule has 0 radical (unpaired) electrons. The van der Waals surface area contributed by atoms with E-state index in [-0.39, 0.29) is 17.4 Å². The Kier molecular flexibility index (Phi) is 9.04. The van der Waals surface area contributed by atoms with Gasteiger partial charge in [0.25, 0.3) is 5.91 Å². The predicted octanol–water partition coefficient (Wildman–Crippen LogP) is 5.57. The van der Waals surface area contributed by atoms with Gasteiger partial charge in [-0.05, 0) is 66.9 Å². The van der Waals surface area contributed by atoms with Crippen LogP contribution in [0.15, 0.2) is 77.7 Å². The first-order valence-corrected chi connectivity index (χ1v) is 14.4. The lowest BCUT2D eigenvalue weighted by Gasteiger charge is -2.21. The van der Waals surface area contributed by atoms with Crippen molar-refractivity contribution >= 4 is 44.3 Å². The van der Waals surface area contributed by atoms with Crippen LogP contribution in [0.25, 0.3) is 10.9 Å². The van der Waals surface area contributed by atoms with Gasteiger partial charge in [-0.2, -0.15) is 9.40 Å². The van der Waals surface area contributed by atoms with Crippen molar-refractivity contribution in [3.05, 3.63) is 83.4 Å². The number of fused-ring (bicyclic) bond motifs is 1. The topological polar surface area (TPSA) is 93.5 Å². The molecule has 4 aromatic rings. The van der Waals surface area contributed by atoms with Crippen LogP contribution in [0.5, 0.6) is 5.75 Å². The average Bonchev–Trinajstić information content (AvgIpc) is 3.25. The quantitative estimate of drug-likeness (QED) is 0.247. The van der Waals surface area contributed by atoms with Crippen LogP contribution in [0.4, 0.5) is 5.82 Å². The van der Waals surface area contributed by atoms with Crippen molar-refractivity contribution < 1.29 is 17.9 Å². The standard InChI is InChI=1S/C28H31ClN4O4S/c1-3-17-32(18-4-2)38(35,36)24-15-9-21(10-16-24)19-33-26-8-6-5-7-25(26)28(31-33)30-27(34)20-37-23-13-11-22(29)12-14-23/h5-16H,3-4,17-20H2,1-2H3,(H,30,31,34). The van der Waals surface area contributed by atoms with Crippen LogP contribution in [0.2, 0.25) is 5.02 Å². The number of rotatable bonds is 12. The van der Waals surface area contributed by atoms with Crippen LogP contribution < -0.4 is 10.1 Å². The Labute approximate surface area is 228 Å². The molecule has 0 bridgehead atoms. The van der Waals surface area contributed by atoms with Crippen LogP contribution >= 0.6 is 11.6 Å². The molecule has 0 aliphatic rings. The van der Waals surface area contributed by atoms with Crippen molar-refractivity contribution in [2.75, 3.05) is 25.0 Å². The van der Waals surface area contributed by atoms with Gasteiger partial charge in [-0.1, -0.05) is 49.7 Å². The number of anilines is 1. The van der Waals surface area contributed by atoms with Gasteiger partial charge in [0.05, 0.1) is 17.0 Å². The van der Waals surface area contributed by atoms with Crippen LogP contribution in [-0.2, 0) is 21.4 Å². The highest BCUT2D eigenvalue weighted by Crippen LogP contribution is 2.25. The Morgan fingerprint density at radius 3 is 2.29 bits per heavy atom. The molecule has 4 rings (SSSR count). The summed E-state index contributed by atoms with van der Waals surface area (Å²) in [6.45, 7) is 5.17. The summed E-state index contributed by atoms with van der Waals surface area (Å²) in [5.74, 6) is 0.630. The van der Waals surface area contributed by atoms with Crippen LogP contribution in [0.1, 0.15) is 32.3 Å². The van der Waals surface area contributed by atoms with Crippen LogP contribution in [0.3, 0.4) is 0 Å². The molecule has 1 amide bonds. The van der Waals surface area contributed by atoms with E-state index in [0.29, 0.717) is 36.2 Å². The molecule has 10 heteroatoms. The second-order valence-electron chi connectivity index (χ2n) is 8.86. The maximum atomic E-state index is 13.1. The van der Waals surface area contributed by atoms with Gasteiger partial charge in [0.15, 0.2) is 12.4 Å². The van der Waals surface area contributed by atoms with Crippen molar-refractivity contribution in [3.63, 3.8) is 0 Å². The zero-order valence-electron chi connectivity index (χ0n) is 21.4. The molecule has 200 valence electrons. The second-order valence-corrected chi connectivity index (χ2v) is 11.2. The largest absolute Gasteiger partial charge is 0.484 e. The van der Waals surface area contributed by atoms with E-state index in [0.717, 1.165) is 29.3 Å². The highest BCUT2D eigenvalue weighted by Gasteiger charge is 2.23. The number of para-hydroxylation sites is 1. The molecule has 0 saturated carbocycles. The first kappa shape index (κ1) is 27.6. The molecule has 0 saturated heterocycles. The van der Waals surface area contributed by atoms with E-state index in [2.05, 4.69) is 10.4 Å². The molecule has 0 atom stereocenters. The van der Waals surface area contributed by atoms with E-state index in [4.69, 9.17) is 16.3 Å².